The lowest BCUT2D eigenvalue weighted by atomic mass is 10.1. The molecule has 4 aromatic carbocycles. The molecule has 0 N–H and O–H groups in total. The Bertz CT molecular complexity index is 1330. The van der Waals surface area contributed by atoms with E-state index in [2.05, 4.69) is 132 Å². The van der Waals surface area contributed by atoms with E-state index in [1.54, 1.807) is 0 Å². The Kier molecular flexibility index (Phi) is 6.61. The Labute approximate surface area is 201 Å². The number of pyridine rings is 1. The van der Waals surface area contributed by atoms with Crippen LogP contribution in [0.4, 0.5) is 5.69 Å². The third-order valence-electron chi connectivity index (χ3n) is 5.75. The van der Waals surface area contributed by atoms with Gasteiger partial charge in [0.2, 0.25) is 0 Å². The van der Waals surface area contributed by atoms with Gasteiger partial charge in [-0.2, -0.15) is 0 Å². The summed E-state index contributed by atoms with van der Waals surface area (Å²) in [6.07, 6.45) is 7.88. The van der Waals surface area contributed by atoms with Gasteiger partial charge in [-0.1, -0.05) is 121 Å². The summed E-state index contributed by atoms with van der Waals surface area (Å²) in [6, 6.07) is 44.6. The summed E-state index contributed by atoms with van der Waals surface area (Å²) >= 11 is 0. The maximum atomic E-state index is 5.66. The number of benzene rings is 4. The summed E-state index contributed by atoms with van der Waals surface area (Å²) < 4.78 is 5.66. The monoisotopic (exact) mass is 456 g/mol. The van der Waals surface area contributed by atoms with E-state index in [0.29, 0.717) is 0 Å². The van der Waals surface area contributed by atoms with Crippen molar-refractivity contribution in [1.82, 2.24) is 4.98 Å². The summed E-state index contributed by atoms with van der Waals surface area (Å²) in [5, 5.41) is 3.71. The van der Waals surface area contributed by atoms with Crippen LogP contribution in [-0.2, 0) is 0 Å². The highest BCUT2D eigenvalue weighted by atomic mass is 31.2. The molecule has 34 heavy (non-hydrogen) atoms. The number of rotatable bonds is 6. The van der Waals surface area contributed by atoms with E-state index in [1.165, 1.54) is 15.9 Å². The maximum absolute atomic E-state index is 5.66. The first-order valence-corrected chi connectivity index (χ1v) is 13.1. The molecule has 0 fully saturated rings. The smallest absolute Gasteiger partial charge is 0.0697 e. The van der Waals surface area contributed by atoms with Gasteiger partial charge in [-0.3, -0.25) is 9.73 Å². The quantitative estimate of drug-likeness (QED) is 0.251. The van der Waals surface area contributed by atoms with Crippen LogP contribution < -0.4 is 15.9 Å². The Balaban J connectivity index is 1.79. The number of aromatic nitrogens is 1. The SMILES string of the molecule is C(=C/c1ccccc1N=P(c1ccccc1)(c1ccccc1)c1ccccc1)/c1ccncc1. The van der Waals surface area contributed by atoms with E-state index >= 15 is 0 Å². The molecule has 0 bridgehead atoms. The lowest BCUT2D eigenvalue weighted by Crippen LogP contribution is -2.25. The van der Waals surface area contributed by atoms with Gasteiger partial charge in [-0.05, 0) is 23.8 Å². The molecule has 1 aromatic heterocycles. The zero-order valence-corrected chi connectivity index (χ0v) is 19.7. The number of hydrogen-bond donors (Lipinski definition) is 0. The second kappa shape index (κ2) is 10.3. The molecular formula is C31H25N2P. The molecule has 0 radical (unpaired) electrons. The largest absolute Gasteiger partial charge is 0.265 e. The fraction of sp³-hybridized carbons (Fsp3) is 0. The second-order valence-corrected chi connectivity index (χ2v) is 10.9. The Morgan fingerprint density at radius 2 is 0.971 bits per heavy atom. The summed E-state index contributed by atoms with van der Waals surface area (Å²) in [6.45, 7) is 0. The number of nitrogens with zero attached hydrogens (tertiary/aromatic N) is 2. The van der Waals surface area contributed by atoms with E-state index in [0.717, 1.165) is 16.8 Å². The van der Waals surface area contributed by atoms with Gasteiger partial charge in [-0.15, -0.1) is 0 Å². The Hall–Kier alpha value is -4.00. The van der Waals surface area contributed by atoms with Crippen LogP contribution in [0, 0.1) is 0 Å². The lowest BCUT2D eigenvalue weighted by Gasteiger charge is -2.27. The molecule has 0 atom stereocenters. The first-order valence-electron chi connectivity index (χ1n) is 11.3. The summed E-state index contributed by atoms with van der Waals surface area (Å²) in [4.78, 5) is 4.12. The average molecular weight is 457 g/mol. The third kappa shape index (κ3) is 4.55. The first kappa shape index (κ1) is 21.8. The van der Waals surface area contributed by atoms with E-state index in [4.69, 9.17) is 4.74 Å². The van der Waals surface area contributed by atoms with Gasteiger partial charge < -0.3 is 0 Å². The predicted octanol–water partition coefficient (Wildman–Crippen LogP) is 7.06. The van der Waals surface area contributed by atoms with Crippen molar-refractivity contribution in [1.29, 1.82) is 0 Å². The van der Waals surface area contributed by atoms with E-state index in [-0.39, 0.29) is 0 Å². The van der Waals surface area contributed by atoms with Crippen molar-refractivity contribution >= 4 is 40.8 Å². The van der Waals surface area contributed by atoms with Gasteiger partial charge in [-0.25, -0.2) is 0 Å². The van der Waals surface area contributed by atoms with Crippen molar-refractivity contribution in [2.75, 3.05) is 0 Å². The van der Waals surface area contributed by atoms with Gasteiger partial charge in [0.05, 0.1) is 12.7 Å². The zero-order valence-electron chi connectivity index (χ0n) is 18.8. The highest BCUT2D eigenvalue weighted by Crippen LogP contribution is 2.49. The van der Waals surface area contributed by atoms with Crippen molar-refractivity contribution in [2.45, 2.75) is 0 Å². The van der Waals surface area contributed by atoms with Crippen molar-refractivity contribution in [3.8, 4) is 0 Å². The lowest BCUT2D eigenvalue weighted by molar-refractivity contribution is 1.32. The predicted molar refractivity (Wildman–Crippen MR) is 147 cm³/mol. The molecule has 164 valence electrons. The Morgan fingerprint density at radius 3 is 1.50 bits per heavy atom. The van der Waals surface area contributed by atoms with Gasteiger partial charge in [0.25, 0.3) is 0 Å². The second-order valence-electron chi connectivity index (χ2n) is 7.91. The normalized spacial score (nSPS) is 11.4. The van der Waals surface area contributed by atoms with Crippen molar-refractivity contribution in [2.24, 2.45) is 4.74 Å². The molecule has 0 aliphatic rings. The van der Waals surface area contributed by atoms with Gasteiger partial charge >= 0.3 is 0 Å². The van der Waals surface area contributed by atoms with Gasteiger partial charge in [0.1, 0.15) is 0 Å². The highest BCUT2D eigenvalue weighted by molar-refractivity contribution is 7.87. The van der Waals surface area contributed by atoms with Crippen LogP contribution in [-0.4, -0.2) is 4.98 Å². The molecule has 0 aliphatic carbocycles. The fourth-order valence-electron chi connectivity index (χ4n) is 4.09. The summed E-state index contributed by atoms with van der Waals surface area (Å²) in [5.41, 5.74) is 3.18. The van der Waals surface area contributed by atoms with Crippen LogP contribution in [0.1, 0.15) is 11.1 Å². The van der Waals surface area contributed by atoms with E-state index in [9.17, 15) is 0 Å². The molecule has 0 unspecified atom stereocenters. The van der Waals surface area contributed by atoms with E-state index < -0.39 is 7.05 Å². The molecular weight excluding hydrogens is 431 g/mol. The topological polar surface area (TPSA) is 25.2 Å². The maximum Gasteiger partial charge on any atom is 0.0697 e. The average Bonchev–Trinajstić information content (AvgIpc) is 2.93. The minimum atomic E-state index is -2.32. The molecule has 5 aromatic rings. The molecule has 0 saturated carbocycles. The van der Waals surface area contributed by atoms with Crippen molar-refractivity contribution in [3.05, 3.63) is 151 Å². The summed E-state index contributed by atoms with van der Waals surface area (Å²) in [7, 11) is -2.32. The molecule has 5 rings (SSSR count). The highest BCUT2D eigenvalue weighted by Gasteiger charge is 2.27. The minimum Gasteiger partial charge on any atom is -0.265 e. The van der Waals surface area contributed by atoms with Crippen LogP contribution in [0.5, 0.6) is 0 Å². The third-order valence-corrected chi connectivity index (χ3v) is 9.40. The summed E-state index contributed by atoms with van der Waals surface area (Å²) in [5.74, 6) is 0. The molecule has 0 amide bonds. The van der Waals surface area contributed by atoms with Crippen LogP contribution in [0.3, 0.4) is 0 Å². The molecule has 0 aliphatic heterocycles. The standard InChI is InChI=1S/C31H25N2P/c1-4-13-28(14-5-1)34(29-15-6-2-7-16-29,30-17-8-3-9-18-30)33-31-19-11-10-12-27(31)21-20-26-22-24-32-25-23-26/h1-25H/b21-20-. The fourth-order valence-corrected chi connectivity index (χ4v) is 7.65. The number of hydrogen-bond acceptors (Lipinski definition) is 2. The van der Waals surface area contributed by atoms with Crippen molar-refractivity contribution in [3.63, 3.8) is 0 Å². The molecule has 3 heteroatoms. The first-order chi connectivity index (χ1) is 16.9. The molecule has 0 spiro atoms. The molecule has 1 heterocycles. The van der Waals surface area contributed by atoms with Gasteiger partial charge in [0.15, 0.2) is 0 Å². The van der Waals surface area contributed by atoms with Crippen LogP contribution in [0.25, 0.3) is 12.2 Å². The molecule has 2 nitrogen and oxygen atoms in total. The zero-order chi connectivity index (χ0) is 23.1. The van der Waals surface area contributed by atoms with Crippen LogP contribution in [0.15, 0.2) is 145 Å². The van der Waals surface area contributed by atoms with Crippen molar-refractivity contribution < 1.29 is 0 Å². The van der Waals surface area contributed by atoms with Gasteiger partial charge in [0, 0.05) is 33.9 Å². The Morgan fingerprint density at radius 1 is 0.500 bits per heavy atom. The van der Waals surface area contributed by atoms with Crippen LogP contribution >= 0.6 is 7.05 Å². The van der Waals surface area contributed by atoms with E-state index in [1.807, 2.05) is 24.5 Å². The van der Waals surface area contributed by atoms with Crippen LogP contribution in [0.2, 0.25) is 0 Å². The minimum absolute atomic E-state index is 0.984. The molecule has 0 saturated heterocycles.